The number of rotatable bonds is 3. The Morgan fingerprint density at radius 2 is 2.58 bits per heavy atom. The summed E-state index contributed by atoms with van der Waals surface area (Å²) in [6.07, 6.45) is 0. The second-order valence-electron chi connectivity index (χ2n) is 2.23. The maximum atomic E-state index is 11.0. The standard InChI is InChI=1S/C8H11NO3/c1-3-11-8(10)6(2)7-9-4-5-12-7/h2-5H2,1H3. The molecule has 0 aromatic rings. The minimum Gasteiger partial charge on any atom is -0.475 e. The SMILES string of the molecule is C=C(C(=O)OCC)C1=NCCO1. The average molecular weight is 169 g/mol. The topological polar surface area (TPSA) is 47.9 Å². The Labute approximate surface area is 70.9 Å². The molecule has 12 heavy (non-hydrogen) atoms. The lowest BCUT2D eigenvalue weighted by Crippen LogP contribution is -2.15. The molecular weight excluding hydrogens is 158 g/mol. The Bertz CT molecular complexity index is 232. The largest absolute Gasteiger partial charge is 0.475 e. The van der Waals surface area contributed by atoms with Crippen molar-refractivity contribution in [3.63, 3.8) is 0 Å². The Kier molecular flexibility index (Phi) is 2.85. The Hall–Kier alpha value is -1.32. The number of carbonyl (C=O) groups is 1. The van der Waals surface area contributed by atoms with Crippen molar-refractivity contribution in [2.24, 2.45) is 4.99 Å². The van der Waals surface area contributed by atoms with Crippen LogP contribution >= 0.6 is 0 Å². The normalized spacial score (nSPS) is 14.9. The van der Waals surface area contributed by atoms with E-state index in [9.17, 15) is 4.79 Å². The number of hydrogen-bond donors (Lipinski definition) is 0. The highest BCUT2D eigenvalue weighted by Crippen LogP contribution is 2.05. The van der Waals surface area contributed by atoms with E-state index in [4.69, 9.17) is 9.47 Å². The molecule has 0 bridgehead atoms. The summed E-state index contributed by atoms with van der Waals surface area (Å²) >= 11 is 0. The van der Waals surface area contributed by atoms with E-state index >= 15 is 0 Å². The molecule has 0 N–H and O–H groups in total. The van der Waals surface area contributed by atoms with Gasteiger partial charge in [-0.3, -0.25) is 0 Å². The van der Waals surface area contributed by atoms with Crippen molar-refractivity contribution < 1.29 is 14.3 Å². The van der Waals surface area contributed by atoms with Crippen LogP contribution in [0, 0.1) is 0 Å². The summed E-state index contributed by atoms with van der Waals surface area (Å²) in [6.45, 7) is 6.71. The molecule has 0 aromatic heterocycles. The summed E-state index contributed by atoms with van der Waals surface area (Å²) in [5.41, 5.74) is 0.203. The monoisotopic (exact) mass is 169 g/mol. The molecule has 1 aliphatic heterocycles. The molecule has 0 saturated carbocycles. The lowest BCUT2D eigenvalue weighted by atomic mass is 10.3. The lowest BCUT2D eigenvalue weighted by Gasteiger charge is -2.03. The van der Waals surface area contributed by atoms with Gasteiger partial charge in [0.2, 0.25) is 5.90 Å². The van der Waals surface area contributed by atoms with E-state index < -0.39 is 5.97 Å². The number of carbonyl (C=O) groups excluding carboxylic acids is 1. The molecule has 4 heteroatoms. The lowest BCUT2D eigenvalue weighted by molar-refractivity contribution is -0.137. The van der Waals surface area contributed by atoms with E-state index in [-0.39, 0.29) is 5.57 Å². The smallest absolute Gasteiger partial charge is 0.343 e. The second kappa shape index (κ2) is 3.90. The van der Waals surface area contributed by atoms with Crippen molar-refractivity contribution in [2.75, 3.05) is 19.8 Å². The summed E-state index contributed by atoms with van der Waals surface area (Å²) in [6, 6.07) is 0. The molecule has 1 rings (SSSR count). The van der Waals surface area contributed by atoms with E-state index in [2.05, 4.69) is 11.6 Å². The highest BCUT2D eigenvalue weighted by molar-refractivity contribution is 6.16. The van der Waals surface area contributed by atoms with Gasteiger partial charge in [0.05, 0.1) is 13.2 Å². The first-order valence-electron chi connectivity index (χ1n) is 3.79. The van der Waals surface area contributed by atoms with Crippen molar-refractivity contribution in [1.82, 2.24) is 0 Å². The fourth-order valence-corrected chi connectivity index (χ4v) is 0.823. The molecule has 0 spiro atoms. The molecule has 0 saturated heterocycles. The highest BCUT2D eigenvalue weighted by atomic mass is 16.5. The molecule has 1 aliphatic rings. The first-order valence-corrected chi connectivity index (χ1v) is 3.79. The Balaban J connectivity index is 2.52. The zero-order valence-electron chi connectivity index (χ0n) is 7.00. The van der Waals surface area contributed by atoms with Gasteiger partial charge in [-0.25, -0.2) is 9.79 Å². The Morgan fingerprint density at radius 1 is 1.83 bits per heavy atom. The van der Waals surface area contributed by atoms with Gasteiger partial charge in [-0.2, -0.15) is 0 Å². The summed E-state index contributed by atoms with van der Waals surface area (Å²) in [7, 11) is 0. The van der Waals surface area contributed by atoms with Gasteiger partial charge >= 0.3 is 5.97 Å². The van der Waals surface area contributed by atoms with Crippen LogP contribution in [0.1, 0.15) is 6.92 Å². The van der Waals surface area contributed by atoms with Crippen molar-refractivity contribution >= 4 is 11.9 Å². The second-order valence-corrected chi connectivity index (χ2v) is 2.23. The van der Waals surface area contributed by atoms with E-state index in [0.717, 1.165) is 0 Å². The third-order valence-corrected chi connectivity index (χ3v) is 1.37. The van der Waals surface area contributed by atoms with Crippen molar-refractivity contribution in [3.05, 3.63) is 12.2 Å². The molecule has 1 heterocycles. The van der Waals surface area contributed by atoms with E-state index in [0.29, 0.717) is 25.7 Å². The zero-order chi connectivity index (χ0) is 8.97. The van der Waals surface area contributed by atoms with Gasteiger partial charge in [-0.05, 0) is 6.92 Å². The minimum atomic E-state index is -0.460. The number of hydrogen-bond acceptors (Lipinski definition) is 4. The van der Waals surface area contributed by atoms with Gasteiger partial charge in [0.25, 0.3) is 0 Å². The molecule has 0 radical (unpaired) electrons. The maximum absolute atomic E-state index is 11.0. The van der Waals surface area contributed by atoms with Crippen molar-refractivity contribution in [3.8, 4) is 0 Å². The summed E-state index contributed by atoms with van der Waals surface area (Å²) in [5.74, 6) is -0.147. The van der Waals surface area contributed by atoms with Crippen LogP contribution in [0.15, 0.2) is 17.1 Å². The first-order chi connectivity index (χ1) is 5.75. The van der Waals surface area contributed by atoms with Gasteiger partial charge in [0.1, 0.15) is 12.2 Å². The molecule has 4 nitrogen and oxygen atoms in total. The van der Waals surface area contributed by atoms with Crippen LogP contribution in [0.4, 0.5) is 0 Å². The number of ether oxygens (including phenoxy) is 2. The predicted molar refractivity (Wildman–Crippen MR) is 44.0 cm³/mol. The summed E-state index contributed by atoms with van der Waals surface area (Å²) < 4.78 is 9.75. The molecule has 0 unspecified atom stereocenters. The van der Waals surface area contributed by atoms with Gasteiger partial charge in [0.15, 0.2) is 0 Å². The van der Waals surface area contributed by atoms with Gasteiger partial charge < -0.3 is 9.47 Å². The average Bonchev–Trinajstić information content (AvgIpc) is 2.55. The molecular formula is C8H11NO3. The fourth-order valence-electron chi connectivity index (χ4n) is 0.823. The quantitative estimate of drug-likeness (QED) is 0.457. The zero-order valence-corrected chi connectivity index (χ0v) is 7.00. The van der Waals surface area contributed by atoms with Gasteiger partial charge in [0, 0.05) is 0 Å². The summed E-state index contributed by atoms with van der Waals surface area (Å²) in [5, 5.41) is 0. The number of aliphatic imine (C=N–C) groups is 1. The predicted octanol–water partition coefficient (Wildman–Crippen LogP) is 0.534. The van der Waals surface area contributed by atoms with Crippen molar-refractivity contribution in [1.29, 1.82) is 0 Å². The van der Waals surface area contributed by atoms with Crippen LogP contribution in [-0.4, -0.2) is 31.6 Å². The van der Waals surface area contributed by atoms with Crippen LogP contribution in [0.25, 0.3) is 0 Å². The third-order valence-electron chi connectivity index (χ3n) is 1.37. The van der Waals surface area contributed by atoms with E-state index in [1.54, 1.807) is 6.92 Å². The number of nitrogens with zero attached hydrogens (tertiary/aromatic N) is 1. The fraction of sp³-hybridized carbons (Fsp3) is 0.500. The van der Waals surface area contributed by atoms with Crippen LogP contribution < -0.4 is 0 Å². The third kappa shape index (κ3) is 1.84. The van der Waals surface area contributed by atoms with Gasteiger partial charge in [-0.15, -0.1) is 0 Å². The Morgan fingerprint density at radius 3 is 3.08 bits per heavy atom. The van der Waals surface area contributed by atoms with Gasteiger partial charge in [-0.1, -0.05) is 6.58 Å². The van der Waals surface area contributed by atoms with Crippen LogP contribution in [0.3, 0.4) is 0 Å². The molecule has 0 amide bonds. The minimum absolute atomic E-state index is 0.203. The maximum Gasteiger partial charge on any atom is 0.343 e. The van der Waals surface area contributed by atoms with Crippen LogP contribution in [0.5, 0.6) is 0 Å². The highest BCUT2D eigenvalue weighted by Gasteiger charge is 2.18. The van der Waals surface area contributed by atoms with Crippen LogP contribution in [-0.2, 0) is 14.3 Å². The molecule has 0 atom stereocenters. The first kappa shape index (κ1) is 8.77. The van der Waals surface area contributed by atoms with Crippen LogP contribution in [0.2, 0.25) is 0 Å². The molecule has 0 aromatic carbocycles. The van der Waals surface area contributed by atoms with E-state index in [1.165, 1.54) is 0 Å². The summed E-state index contributed by atoms with van der Waals surface area (Å²) in [4.78, 5) is 15.0. The number of esters is 1. The molecule has 66 valence electrons. The molecule has 0 fully saturated rings. The van der Waals surface area contributed by atoms with Crippen molar-refractivity contribution in [2.45, 2.75) is 6.92 Å². The van der Waals surface area contributed by atoms with E-state index in [1.807, 2.05) is 0 Å². The molecule has 0 aliphatic carbocycles.